The Morgan fingerprint density at radius 2 is 2.19 bits per heavy atom. The predicted molar refractivity (Wildman–Crippen MR) is 66.8 cm³/mol. The number of nitrogens with one attached hydrogen (secondary N) is 1. The van der Waals surface area contributed by atoms with E-state index in [1.54, 1.807) is 0 Å². The van der Waals surface area contributed by atoms with Crippen LogP contribution in [0.4, 0.5) is 5.69 Å². The topological polar surface area (TPSA) is 23.4 Å². The van der Waals surface area contributed by atoms with E-state index in [1.165, 1.54) is 10.9 Å². The Morgan fingerprint density at radius 1 is 1.38 bits per heavy atom. The van der Waals surface area contributed by atoms with E-state index in [2.05, 4.69) is 28.8 Å². The van der Waals surface area contributed by atoms with Crippen LogP contribution in [-0.4, -0.2) is 30.5 Å². The van der Waals surface area contributed by atoms with E-state index in [-0.39, 0.29) is 0 Å². The van der Waals surface area contributed by atoms with Crippen LogP contribution in [0.15, 0.2) is 24.4 Å². The highest BCUT2D eigenvalue weighted by atomic mass is 15.0. The summed E-state index contributed by atoms with van der Waals surface area (Å²) in [7, 11) is 4.14. The van der Waals surface area contributed by atoms with Crippen LogP contribution in [0.25, 0.3) is 15.7 Å². The van der Waals surface area contributed by atoms with E-state index in [1.807, 2.05) is 24.4 Å². The molecular formula is C13H15N3. The molecule has 3 nitrogen and oxygen atoms in total. The minimum atomic E-state index is 0.707. The first-order chi connectivity index (χ1) is 7.70. The molecular weight excluding hydrogens is 198 g/mol. The Balaban J connectivity index is 2.35. The molecule has 0 aliphatic rings. The minimum Gasteiger partial charge on any atom is -0.361 e. The Labute approximate surface area is 95.5 Å². The molecule has 1 aromatic carbocycles. The average Bonchev–Trinajstić information content (AvgIpc) is 2.68. The van der Waals surface area contributed by atoms with Gasteiger partial charge in [-0.2, -0.15) is 0 Å². The van der Waals surface area contributed by atoms with Crippen molar-refractivity contribution in [2.45, 2.75) is 6.42 Å². The molecule has 0 saturated carbocycles. The van der Waals surface area contributed by atoms with Gasteiger partial charge in [-0.3, -0.25) is 0 Å². The van der Waals surface area contributed by atoms with Crippen molar-refractivity contribution in [1.29, 1.82) is 0 Å². The summed E-state index contributed by atoms with van der Waals surface area (Å²) in [6, 6.07) is 5.78. The van der Waals surface area contributed by atoms with Crippen molar-refractivity contribution in [1.82, 2.24) is 9.88 Å². The van der Waals surface area contributed by atoms with Crippen molar-refractivity contribution in [3.05, 3.63) is 41.4 Å². The number of likely N-dealkylation sites (N-methyl/N-ethyl adjacent to an activating group) is 1. The number of hydrogen-bond donors (Lipinski definition) is 1. The van der Waals surface area contributed by atoms with Crippen LogP contribution in [-0.2, 0) is 6.42 Å². The molecule has 0 amide bonds. The fourth-order valence-corrected chi connectivity index (χ4v) is 1.79. The molecule has 0 atom stereocenters. The first-order valence-electron chi connectivity index (χ1n) is 5.33. The minimum absolute atomic E-state index is 0.707. The number of fused-ring (bicyclic) bond motifs is 1. The van der Waals surface area contributed by atoms with E-state index in [9.17, 15) is 0 Å². The fraction of sp³-hybridized carbons (Fsp3) is 0.308. The zero-order chi connectivity index (χ0) is 11.5. The second-order valence-electron chi connectivity index (χ2n) is 4.21. The Bertz CT molecular complexity index is 532. The molecule has 0 saturated heterocycles. The lowest BCUT2D eigenvalue weighted by Gasteiger charge is -2.08. The van der Waals surface area contributed by atoms with Gasteiger partial charge < -0.3 is 9.88 Å². The summed E-state index contributed by atoms with van der Waals surface area (Å²) in [5, 5.41) is 1.18. The van der Waals surface area contributed by atoms with Gasteiger partial charge in [0.05, 0.1) is 6.57 Å². The summed E-state index contributed by atoms with van der Waals surface area (Å²) in [6.45, 7) is 8.04. The van der Waals surface area contributed by atoms with E-state index >= 15 is 0 Å². The number of hydrogen-bond acceptors (Lipinski definition) is 1. The number of rotatable bonds is 3. The molecule has 82 valence electrons. The van der Waals surface area contributed by atoms with Gasteiger partial charge in [0.25, 0.3) is 0 Å². The monoisotopic (exact) mass is 213 g/mol. The van der Waals surface area contributed by atoms with Crippen LogP contribution in [0.2, 0.25) is 0 Å². The Morgan fingerprint density at radius 3 is 2.88 bits per heavy atom. The van der Waals surface area contributed by atoms with Crippen molar-refractivity contribution >= 4 is 16.6 Å². The van der Waals surface area contributed by atoms with Crippen LogP contribution < -0.4 is 0 Å². The van der Waals surface area contributed by atoms with Crippen molar-refractivity contribution in [3.63, 3.8) is 0 Å². The van der Waals surface area contributed by atoms with Gasteiger partial charge >= 0.3 is 0 Å². The number of H-pyrrole nitrogens is 1. The van der Waals surface area contributed by atoms with Gasteiger partial charge in [-0.15, -0.1) is 0 Å². The van der Waals surface area contributed by atoms with E-state index in [0.29, 0.717) is 5.69 Å². The molecule has 0 aliphatic heterocycles. The Hall–Kier alpha value is -1.79. The molecule has 2 rings (SSSR count). The average molecular weight is 213 g/mol. The standard InChI is InChI=1S/C13H15N3/c1-14-11-4-5-13-12(8-11)10(9-15-13)6-7-16(2)3/h4-5,8-9,15H,6-7H2,2-3H3. The normalized spacial score (nSPS) is 10.9. The van der Waals surface area contributed by atoms with E-state index < -0.39 is 0 Å². The van der Waals surface area contributed by atoms with Crippen LogP contribution in [0.5, 0.6) is 0 Å². The number of aromatic amines is 1. The number of aromatic nitrogens is 1. The third kappa shape index (κ3) is 2.07. The van der Waals surface area contributed by atoms with E-state index in [0.717, 1.165) is 18.5 Å². The molecule has 0 fully saturated rings. The maximum absolute atomic E-state index is 7.02. The van der Waals surface area contributed by atoms with Crippen molar-refractivity contribution in [2.75, 3.05) is 20.6 Å². The maximum Gasteiger partial charge on any atom is 0.187 e. The Kier molecular flexibility index (Phi) is 2.93. The fourth-order valence-electron chi connectivity index (χ4n) is 1.79. The van der Waals surface area contributed by atoms with Gasteiger partial charge in [0, 0.05) is 18.3 Å². The highest BCUT2D eigenvalue weighted by Crippen LogP contribution is 2.24. The van der Waals surface area contributed by atoms with Gasteiger partial charge in [0.15, 0.2) is 5.69 Å². The van der Waals surface area contributed by atoms with Crippen LogP contribution >= 0.6 is 0 Å². The smallest absolute Gasteiger partial charge is 0.187 e. The van der Waals surface area contributed by atoms with Crippen molar-refractivity contribution in [2.24, 2.45) is 0 Å². The largest absolute Gasteiger partial charge is 0.361 e. The summed E-state index contributed by atoms with van der Waals surface area (Å²) in [6.07, 6.45) is 3.05. The van der Waals surface area contributed by atoms with E-state index in [4.69, 9.17) is 6.57 Å². The highest BCUT2D eigenvalue weighted by molar-refractivity contribution is 5.86. The summed E-state index contributed by atoms with van der Waals surface area (Å²) in [5.41, 5.74) is 3.11. The molecule has 1 heterocycles. The molecule has 0 bridgehead atoms. The first-order valence-corrected chi connectivity index (χ1v) is 5.33. The first kappa shape index (κ1) is 10.7. The van der Waals surface area contributed by atoms with Crippen LogP contribution in [0.1, 0.15) is 5.56 Å². The number of benzene rings is 1. The van der Waals surface area contributed by atoms with Gasteiger partial charge in [0.1, 0.15) is 0 Å². The van der Waals surface area contributed by atoms with Gasteiger partial charge in [-0.1, -0.05) is 6.07 Å². The zero-order valence-electron chi connectivity index (χ0n) is 9.62. The number of nitrogens with zero attached hydrogens (tertiary/aromatic N) is 2. The molecule has 3 heteroatoms. The molecule has 2 aromatic rings. The molecule has 0 spiro atoms. The summed E-state index contributed by atoms with van der Waals surface area (Å²) in [5.74, 6) is 0. The zero-order valence-corrected chi connectivity index (χ0v) is 9.62. The third-order valence-corrected chi connectivity index (χ3v) is 2.71. The third-order valence-electron chi connectivity index (χ3n) is 2.71. The van der Waals surface area contributed by atoms with Gasteiger partial charge in [0.2, 0.25) is 0 Å². The van der Waals surface area contributed by atoms with Crippen LogP contribution in [0.3, 0.4) is 0 Å². The second-order valence-corrected chi connectivity index (χ2v) is 4.21. The predicted octanol–water partition coefficient (Wildman–Crippen LogP) is 2.82. The highest BCUT2D eigenvalue weighted by Gasteiger charge is 2.04. The lowest BCUT2D eigenvalue weighted by atomic mass is 10.1. The lowest BCUT2D eigenvalue weighted by Crippen LogP contribution is -2.14. The molecule has 1 N–H and O–H groups in total. The van der Waals surface area contributed by atoms with Gasteiger partial charge in [-0.25, -0.2) is 4.85 Å². The maximum atomic E-state index is 7.02. The van der Waals surface area contributed by atoms with Crippen molar-refractivity contribution in [3.8, 4) is 0 Å². The summed E-state index contributed by atoms with van der Waals surface area (Å²) >= 11 is 0. The van der Waals surface area contributed by atoms with Crippen LogP contribution in [0, 0.1) is 6.57 Å². The lowest BCUT2D eigenvalue weighted by molar-refractivity contribution is 0.414. The quantitative estimate of drug-likeness (QED) is 0.779. The SMILES string of the molecule is [C-]#[N+]c1ccc2[nH]cc(CCN(C)C)c2c1. The molecule has 1 aromatic heterocycles. The summed E-state index contributed by atoms with van der Waals surface area (Å²) in [4.78, 5) is 8.87. The summed E-state index contributed by atoms with van der Waals surface area (Å²) < 4.78 is 0. The molecule has 0 aliphatic carbocycles. The van der Waals surface area contributed by atoms with Gasteiger partial charge in [-0.05, 0) is 43.6 Å². The van der Waals surface area contributed by atoms with Crippen molar-refractivity contribution < 1.29 is 0 Å². The molecule has 0 radical (unpaired) electrons. The second kappa shape index (κ2) is 4.38. The molecule has 16 heavy (non-hydrogen) atoms. The molecule has 0 unspecified atom stereocenters.